The van der Waals surface area contributed by atoms with E-state index in [2.05, 4.69) is 10.2 Å². The largest absolute Gasteiger partial charge is 0.379 e. The van der Waals surface area contributed by atoms with E-state index in [0.29, 0.717) is 24.3 Å². The van der Waals surface area contributed by atoms with Gasteiger partial charge in [0.25, 0.3) is 0 Å². The van der Waals surface area contributed by atoms with Crippen LogP contribution < -0.4 is 5.32 Å². The van der Waals surface area contributed by atoms with Gasteiger partial charge in [-0.1, -0.05) is 0 Å². The monoisotopic (exact) mass is 436 g/mol. The Hall–Kier alpha value is -0.730. The van der Waals surface area contributed by atoms with Gasteiger partial charge in [-0.05, 0) is 75.5 Å². The van der Waals surface area contributed by atoms with Gasteiger partial charge in [-0.15, -0.1) is 0 Å². The van der Waals surface area contributed by atoms with Crippen molar-refractivity contribution in [3.63, 3.8) is 0 Å². The second-order valence-corrected chi connectivity index (χ2v) is 10.7. The van der Waals surface area contributed by atoms with Crippen molar-refractivity contribution >= 4 is 5.91 Å². The minimum absolute atomic E-state index is 0.132. The lowest BCUT2D eigenvalue weighted by Gasteiger charge is -2.58. The van der Waals surface area contributed by atoms with Crippen LogP contribution in [-0.2, 0) is 24.0 Å². The predicted molar refractivity (Wildman–Crippen MR) is 115 cm³/mol. The molecule has 7 heteroatoms. The third-order valence-corrected chi connectivity index (χ3v) is 8.76. The highest BCUT2D eigenvalue weighted by Crippen LogP contribution is 2.60. The number of nitrogens with one attached hydrogen (secondary N) is 1. The van der Waals surface area contributed by atoms with E-state index in [1.165, 1.54) is 32.1 Å². The van der Waals surface area contributed by atoms with Crippen LogP contribution in [0.15, 0.2) is 0 Å². The van der Waals surface area contributed by atoms with Crippen molar-refractivity contribution in [1.29, 1.82) is 0 Å². The first-order valence-electron chi connectivity index (χ1n) is 12.6. The molecule has 0 aromatic rings. The fraction of sp³-hybridized carbons (Fsp3) is 0.958. The summed E-state index contributed by atoms with van der Waals surface area (Å²) in [5.41, 5.74) is 0. The molecular weight excluding hydrogens is 396 g/mol. The Morgan fingerprint density at radius 2 is 1.65 bits per heavy atom. The molecule has 6 aliphatic rings. The van der Waals surface area contributed by atoms with Gasteiger partial charge in [-0.2, -0.15) is 0 Å². The van der Waals surface area contributed by atoms with Crippen LogP contribution >= 0.6 is 0 Å². The van der Waals surface area contributed by atoms with Crippen LogP contribution in [-0.4, -0.2) is 69.2 Å². The predicted octanol–water partition coefficient (Wildman–Crippen LogP) is 2.74. The molecule has 0 spiro atoms. The number of hydrogen-bond donors (Lipinski definition) is 1. The van der Waals surface area contributed by atoms with Gasteiger partial charge in [-0.3, -0.25) is 9.69 Å². The SMILES string of the molecule is COC1(OO[C@H]2CC[C@@H](CNC(=O)CN3CCOCC3)CC2)C2CC3CC(C2)CC1C3. The van der Waals surface area contributed by atoms with Crippen molar-refractivity contribution in [3.05, 3.63) is 0 Å². The van der Waals surface area contributed by atoms with E-state index in [1.54, 1.807) is 0 Å². The molecule has 1 heterocycles. The highest BCUT2D eigenvalue weighted by atomic mass is 17.2. The standard InChI is InChI=1S/C24H40N2O5/c1-28-24(20-11-18-10-19(13-20)14-21(24)12-18)31-30-22-4-2-17(3-5-22)15-25-23(27)16-26-6-8-29-9-7-26/h17-22H,2-16H2,1H3,(H,25,27)/t17-,18?,19?,20?,21?,22+,24?. The van der Waals surface area contributed by atoms with Crippen LogP contribution in [0, 0.1) is 29.6 Å². The molecule has 31 heavy (non-hydrogen) atoms. The van der Waals surface area contributed by atoms with E-state index in [1.807, 2.05) is 7.11 Å². The highest BCUT2D eigenvalue weighted by molar-refractivity contribution is 5.78. The lowest BCUT2D eigenvalue weighted by atomic mass is 9.53. The summed E-state index contributed by atoms with van der Waals surface area (Å²) in [6.45, 7) is 4.41. The fourth-order valence-corrected chi connectivity index (χ4v) is 7.20. The molecule has 7 nitrogen and oxygen atoms in total. The Balaban J connectivity index is 1.03. The molecule has 1 amide bonds. The van der Waals surface area contributed by atoms with Crippen LogP contribution in [0.3, 0.4) is 0 Å². The molecule has 1 aliphatic heterocycles. The molecular formula is C24H40N2O5. The zero-order chi connectivity index (χ0) is 21.3. The maximum absolute atomic E-state index is 12.2. The molecule has 5 aliphatic carbocycles. The molecule has 1 N–H and O–H groups in total. The Morgan fingerprint density at radius 3 is 2.26 bits per heavy atom. The first kappa shape index (κ1) is 22.1. The number of ether oxygens (including phenoxy) is 2. The van der Waals surface area contributed by atoms with Crippen LogP contribution in [0.1, 0.15) is 57.8 Å². The molecule has 176 valence electrons. The number of morpholine rings is 1. The van der Waals surface area contributed by atoms with Gasteiger partial charge in [-0.25, -0.2) is 9.78 Å². The van der Waals surface area contributed by atoms with E-state index in [9.17, 15) is 4.79 Å². The van der Waals surface area contributed by atoms with Crippen molar-refractivity contribution in [2.24, 2.45) is 29.6 Å². The Morgan fingerprint density at radius 1 is 1.00 bits per heavy atom. The third-order valence-electron chi connectivity index (χ3n) is 8.76. The molecule has 0 aromatic carbocycles. The lowest BCUT2D eigenvalue weighted by Crippen LogP contribution is -2.60. The minimum Gasteiger partial charge on any atom is -0.379 e. The number of nitrogens with zero attached hydrogens (tertiary/aromatic N) is 1. The van der Waals surface area contributed by atoms with Crippen molar-refractivity contribution in [2.75, 3.05) is 46.5 Å². The maximum atomic E-state index is 12.2. The number of carbonyl (C=O) groups is 1. The molecule has 0 radical (unpaired) electrons. The van der Waals surface area contributed by atoms with Gasteiger partial charge < -0.3 is 14.8 Å². The van der Waals surface area contributed by atoms with Crippen molar-refractivity contribution in [2.45, 2.75) is 69.7 Å². The van der Waals surface area contributed by atoms with Gasteiger partial charge in [0.05, 0.1) is 25.9 Å². The first-order chi connectivity index (χ1) is 15.1. The summed E-state index contributed by atoms with van der Waals surface area (Å²) in [7, 11) is 1.81. The number of carbonyl (C=O) groups excluding carboxylic acids is 1. The topological polar surface area (TPSA) is 69.3 Å². The summed E-state index contributed by atoms with van der Waals surface area (Å²) in [6, 6.07) is 0. The summed E-state index contributed by atoms with van der Waals surface area (Å²) < 4.78 is 11.4. The van der Waals surface area contributed by atoms with Crippen molar-refractivity contribution < 1.29 is 24.0 Å². The Labute approximate surface area is 186 Å². The quantitative estimate of drug-likeness (QED) is 0.358. The number of rotatable bonds is 8. The zero-order valence-corrected chi connectivity index (χ0v) is 19.1. The molecule has 5 saturated carbocycles. The molecule has 4 bridgehead atoms. The van der Waals surface area contributed by atoms with E-state index < -0.39 is 5.79 Å². The molecule has 0 unspecified atom stereocenters. The molecule has 6 fully saturated rings. The van der Waals surface area contributed by atoms with Gasteiger partial charge in [0.15, 0.2) is 0 Å². The first-order valence-corrected chi connectivity index (χ1v) is 12.6. The summed E-state index contributed by atoms with van der Waals surface area (Å²) in [4.78, 5) is 26.6. The highest BCUT2D eigenvalue weighted by Gasteiger charge is 2.60. The Kier molecular flexibility index (Phi) is 6.86. The van der Waals surface area contributed by atoms with Crippen LogP contribution in [0.5, 0.6) is 0 Å². The summed E-state index contributed by atoms with van der Waals surface area (Å²) in [6.07, 6.45) is 10.6. The number of hydrogen-bond acceptors (Lipinski definition) is 6. The molecule has 6 rings (SSSR count). The molecule has 0 aromatic heterocycles. The zero-order valence-electron chi connectivity index (χ0n) is 19.1. The second kappa shape index (κ2) is 9.64. The van der Waals surface area contributed by atoms with Gasteiger partial charge in [0, 0.05) is 38.6 Å². The van der Waals surface area contributed by atoms with Gasteiger partial charge >= 0.3 is 0 Å². The minimum atomic E-state index is -0.516. The lowest BCUT2D eigenvalue weighted by molar-refractivity contribution is -0.485. The normalized spacial score (nSPS) is 42.6. The summed E-state index contributed by atoms with van der Waals surface area (Å²) in [5.74, 6) is 2.89. The average Bonchev–Trinajstić information content (AvgIpc) is 2.79. The van der Waals surface area contributed by atoms with E-state index in [4.69, 9.17) is 19.2 Å². The number of methoxy groups -OCH3 is 1. The van der Waals surface area contributed by atoms with E-state index in [-0.39, 0.29) is 12.0 Å². The number of amides is 1. The van der Waals surface area contributed by atoms with Crippen molar-refractivity contribution in [3.8, 4) is 0 Å². The van der Waals surface area contributed by atoms with Gasteiger partial charge in [0.2, 0.25) is 11.7 Å². The fourth-order valence-electron chi connectivity index (χ4n) is 7.20. The Bertz CT molecular complexity index is 587. The smallest absolute Gasteiger partial charge is 0.234 e. The van der Waals surface area contributed by atoms with Crippen LogP contribution in [0.2, 0.25) is 0 Å². The van der Waals surface area contributed by atoms with Crippen molar-refractivity contribution in [1.82, 2.24) is 10.2 Å². The third kappa shape index (κ3) is 4.81. The van der Waals surface area contributed by atoms with Crippen LogP contribution in [0.25, 0.3) is 0 Å². The maximum Gasteiger partial charge on any atom is 0.234 e. The molecule has 1 saturated heterocycles. The van der Waals surface area contributed by atoms with E-state index >= 15 is 0 Å². The summed E-state index contributed by atoms with van der Waals surface area (Å²) in [5, 5.41) is 3.13. The molecule has 0 atom stereocenters. The van der Waals surface area contributed by atoms with Gasteiger partial charge in [0.1, 0.15) is 0 Å². The second-order valence-electron chi connectivity index (χ2n) is 10.7. The average molecular weight is 437 g/mol. The van der Waals surface area contributed by atoms with Crippen LogP contribution in [0.4, 0.5) is 0 Å². The summed E-state index contributed by atoms with van der Waals surface area (Å²) >= 11 is 0. The van der Waals surface area contributed by atoms with E-state index in [0.717, 1.165) is 70.4 Å².